The number of aryl methyl sites for hydroxylation is 3. The van der Waals surface area contributed by atoms with Gasteiger partial charge in [-0.05, 0) is 38.0 Å². The molecular weight excluding hydrogens is 322 g/mol. The zero-order valence-electron chi connectivity index (χ0n) is 14.4. The average Bonchev–Trinajstić information content (AvgIpc) is 2.54. The monoisotopic (exact) mass is 346 g/mol. The third-order valence-electron chi connectivity index (χ3n) is 4.47. The largest absolute Gasteiger partial charge is 0.274 e. The highest BCUT2D eigenvalue weighted by Gasteiger charge is 2.33. The second-order valence-corrected chi connectivity index (χ2v) is 8.24. The van der Waals surface area contributed by atoms with Gasteiger partial charge in [0.25, 0.3) is 5.82 Å². The van der Waals surface area contributed by atoms with Crippen LogP contribution in [0.5, 0.6) is 0 Å². The normalized spacial score (nSPS) is 16.4. The molecule has 0 radical (unpaired) electrons. The molecule has 0 aliphatic carbocycles. The Bertz CT molecular complexity index is 804. The van der Waals surface area contributed by atoms with E-state index in [9.17, 15) is 8.42 Å². The Labute approximate surface area is 144 Å². The van der Waals surface area contributed by atoms with Gasteiger partial charge in [-0.3, -0.25) is 4.90 Å². The number of rotatable bonds is 3. The second kappa shape index (κ2) is 6.53. The van der Waals surface area contributed by atoms with Crippen LogP contribution in [0.25, 0.3) is 0 Å². The van der Waals surface area contributed by atoms with Gasteiger partial charge in [0.15, 0.2) is 0 Å². The molecule has 128 valence electrons. The lowest BCUT2D eigenvalue weighted by molar-refractivity contribution is -0.364. The first-order valence-electron chi connectivity index (χ1n) is 8.19. The van der Waals surface area contributed by atoms with Crippen LogP contribution in [0.4, 0.5) is 5.82 Å². The van der Waals surface area contributed by atoms with Gasteiger partial charge in [-0.1, -0.05) is 23.8 Å². The first kappa shape index (κ1) is 16.9. The summed E-state index contributed by atoms with van der Waals surface area (Å²) in [4.78, 5) is 5.85. The van der Waals surface area contributed by atoms with Gasteiger partial charge in [0, 0.05) is 6.07 Å². The molecule has 1 aliphatic heterocycles. The highest BCUT2D eigenvalue weighted by molar-refractivity contribution is 7.89. The van der Waals surface area contributed by atoms with Crippen LogP contribution in [0.1, 0.15) is 16.7 Å². The fourth-order valence-electron chi connectivity index (χ4n) is 3.45. The lowest BCUT2D eigenvalue weighted by Crippen LogP contribution is -2.50. The summed E-state index contributed by atoms with van der Waals surface area (Å²) in [7, 11) is -3.45. The number of anilines is 1. The minimum Gasteiger partial charge on any atom is -0.259 e. The maximum Gasteiger partial charge on any atom is 0.274 e. The quantitative estimate of drug-likeness (QED) is 0.853. The number of pyridine rings is 1. The van der Waals surface area contributed by atoms with E-state index in [0.717, 1.165) is 22.5 Å². The summed E-state index contributed by atoms with van der Waals surface area (Å²) >= 11 is 0. The Morgan fingerprint density at radius 1 is 0.958 bits per heavy atom. The molecule has 2 aromatic rings. The average molecular weight is 346 g/mol. The van der Waals surface area contributed by atoms with Crippen molar-refractivity contribution in [2.24, 2.45) is 0 Å². The molecule has 0 atom stereocenters. The molecule has 0 amide bonds. The van der Waals surface area contributed by atoms with Gasteiger partial charge in [0.05, 0.1) is 37.3 Å². The molecule has 1 aromatic carbocycles. The summed E-state index contributed by atoms with van der Waals surface area (Å²) in [6.45, 7) is 8.11. The molecular formula is C18H24N3O2S+. The zero-order chi connectivity index (χ0) is 17.3. The first-order valence-corrected chi connectivity index (χ1v) is 9.63. The summed E-state index contributed by atoms with van der Waals surface area (Å²) in [5.41, 5.74) is 2.74. The third-order valence-corrected chi connectivity index (χ3v) is 6.68. The van der Waals surface area contributed by atoms with Crippen molar-refractivity contribution < 1.29 is 13.4 Å². The minimum atomic E-state index is -3.45. The predicted octanol–water partition coefficient (Wildman–Crippen LogP) is 1.94. The van der Waals surface area contributed by atoms with Gasteiger partial charge in [-0.25, -0.2) is 13.4 Å². The van der Waals surface area contributed by atoms with Crippen molar-refractivity contribution in [3.63, 3.8) is 0 Å². The number of nitrogens with one attached hydrogen (secondary N) is 1. The van der Waals surface area contributed by atoms with E-state index in [4.69, 9.17) is 0 Å². The Morgan fingerprint density at radius 2 is 1.58 bits per heavy atom. The number of H-pyrrole nitrogens is 1. The van der Waals surface area contributed by atoms with E-state index in [1.807, 2.05) is 57.3 Å². The van der Waals surface area contributed by atoms with E-state index in [-0.39, 0.29) is 0 Å². The molecule has 1 fully saturated rings. The smallest absolute Gasteiger partial charge is 0.259 e. The van der Waals surface area contributed by atoms with Crippen LogP contribution in [-0.4, -0.2) is 38.9 Å². The number of aromatic nitrogens is 1. The highest BCUT2D eigenvalue weighted by Crippen LogP contribution is 2.26. The minimum absolute atomic E-state index is 0.466. The maximum absolute atomic E-state index is 13.1. The Balaban J connectivity index is 1.81. The van der Waals surface area contributed by atoms with Gasteiger partial charge < -0.3 is 0 Å². The number of hydrogen-bond acceptors (Lipinski definition) is 3. The number of aromatic amines is 1. The number of benzene rings is 1. The molecule has 1 aromatic heterocycles. The van der Waals surface area contributed by atoms with Crippen LogP contribution >= 0.6 is 0 Å². The van der Waals surface area contributed by atoms with Crippen molar-refractivity contribution >= 4 is 15.8 Å². The Hall–Kier alpha value is -1.92. The highest BCUT2D eigenvalue weighted by atomic mass is 32.2. The second-order valence-electron chi connectivity index (χ2n) is 6.37. The molecule has 0 bridgehead atoms. The standard InChI is InChI=1S/C18H23N3O2S/c1-14-12-15(2)18(16(3)13-14)24(22,23)21-10-8-20(9-11-21)17-6-4-5-7-19-17/h4-7,12-13H,8-11H2,1-3H3/p+1. The fraction of sp³-hybridized carbons (Fsp3) is 0.389. The molecule has 0 saturated carbocycles. The van der Waals surface area contributed by atoms with Crippen LogP contribution in [0.3, 0.4) is 0 Å². The molecule has 5 nitrogen and oxygen atoms in total. The van der Waals surface area contributed by atoms with Crippen LogP contribution in [0, 0.1) is 20.8 Å². The number of piperazine rings is 1. The molecule has 1 saturated heterocycles. The van der Waals surface area contributed by atoms with Crippen LogP contribution in [-0.2, 0) is 10.0 Å². The zero-order valence-corrected chi connectivity index (χ0v) is 15.2. The SMILES string of the molecule is Cc1cc(C)c(S(=O)(=O)N2CCN(c3cccc[nH+]3)CC2)c(C)c1. The lowest BCUT2D eigenvalue weighted by atomic mass is 10.1. The maximum atomic E-state index is 13.1. The van der Waals surface area contributed by atoms with E-state index in [0.29, 0.717) is 31.1 Å². The summed E-state index contributed by atoms with van der Waals surface area (Å²) in [5, 5.41) is 0. The summed E-state index contributed by atoms with van der Waals surface area (Å²) in [6, 6.07) is 9.81. The van der Waals surface area contributed by atoms with Gasteiger partial charge in [-0.2, -0.15) is 4.31 Å². The van der Waals surface area contributed by atoms with E-state index in [1.54, 1.807) is 4.31 Å². The van der Waals surface area contributed by atoms with Gasteiger partial charge in [0.2, 0.25) is 10.0 Å². The summed E-state index contributed by atoms with van der Waals surface area (Å²) in [5.74, 6) is 1.03. The molecule has 1 aliphatic rings. The first-order chi connectivity index (χ1) is 11.4. The fourth-order valence-corrected chi connectivity index (χ4v) is 5.29. The summed E-state index contributed by atoms with van der Waals surface area (Å²) in [6.07, 6.45) is 1.89. The predicted molar refractivity (Wildman–Crippen MR) is 94.6 cm³/mol. The topological polar surface area (TPSA) is 54.8 Å². The van der Waals surface area contributed by atoms with Gasteiger partial charge in [-0.15, -0.1) is 0 Å². The van der Waals surface area contributed by atoms with Crippen molar-refractivity contribution in [3.8, 4) is 0 Å². The molecule has 0 spiro atoms. The van der Waals surface area contributed by atoms with Crippen molar-refractivity contribution in [2.75, 3.05) is 31.1 Å². The molecule has 0 unspecified atom stereocenters. The molecule has 1 N–H and O–H groups in total. The molecule has 24 heavy (non-hydrogen) atoms. The van der Waals surface area contributed by atoms with Gasteiger partial charge >= 0.3 is 0 Å². The molecule has 6 heteroatoms. The summed E-state index contributed by atoms with van der Waals surface area (Å²) < 4.78 is 27.8. The van der Waals surface area contributed by atoms with Crippen LogP contribution in [0.15, 0.2) is 41.4 Å². The van der Waals surface area contributed by atoms with E-state index < -0.39 is 10.0 Å². The lowest BCUT2D eigenvalue weighted by Gasteiger charge is -2.31. The number of hydrogen-bond donors (Lipinski definition) is 0. The van der Waals surface area contributed by atoms with E-state index >= 15 is 0 Å². The number of sulfonamides is 1. The van der Waals surface area contributed by atoms with E-state index in [1.165, 1.54) is 0 Å². The van der Waals surface area contributed by atoms with Crippen molar-refractivity contribution in [3.05, 3.63) is 53.2 Å². The molecule has 2 heterocycles. The van der Waals surface area contributed by atoms with Crippen LogP contribution in [0.2, 0.25) is 0 Å². The Kier molecular flexibility index (Phi) is 4.60. The third kappa shape index (κ3) is 3.16. The van der Waals surface area contributed by atoms with Crippen molar-refractivity contribution in [1.82, 2.24) is 4.31 Å². The van der Waals surface area contributed by atoms with E-state index in [2.05, 4.69) is 9.88 Å². The Morgan fingerprint density at radius 3 is 2.12 bits per heavy atom. The molecule has 3 rings (SSSR count). The van der Waals surface area contributed by atoms with Crippen molar-refractivity contribution in [1.29, 1.82) is 0 Å². The van der Waals surface area contributed by atoms with Gasteiger partial charge in [0.1, 0.15) is 0 Å². The van der Waals surface area contributed by atoms with Crippen LogP contribution < -0.4 is 9.88 Å². The van der Waals surface area contributed by atoms with Crippen molar-refractivity contribution in [2.45, 2.75) is 25.7 Å². The number of nitrogens with zero attached hydrogens (tertiary/aromatic N) is 2.